The summed E-state index contributed by atoms with van der Waals surface area (Å²) in [4.78, 5) is 0. The Balaban J connectivity index is 2.55. The number of ether oxygens (including phenoxy) is 1. The largest absolute Gasteiger partial charge is 0.371 e. The zero-order valence-corrected chi connectivity index (χ0v) is 9.66. The molecule has 1 aromatic carbocycles. The summed E-state index contributed by atoms with van der Waals surface area (Å²) in [7, 11) is 2.69. The third kappa shape index (κ3) is 4.40. The van der Waals surface area contributed by atoms with Crippen LogP contribution in [0.4, 0.5) is 0 Å². The molecular formula is C11H17OP. The molecule has 0 aliphatic rings. The van der Waals surface area contributed by atoms with Crippen molar-refractivity contribution in [1.82, 2.24) is 0 Å². The summed E-state index contributed by atoms with van der Waals surface area (Å²) in [5.41, 5.74) is 1.17. The number of rotatable bonds is 2. The van der Waals surface area contributed by atoms with Crippen LogP contribution in [0.5, 0.6) is 0 Å². The van der Waals surface area contributed by atoms with Crippen molar-refractivity contribution in [3.63, 3.8) is 0 Å². The van der Waals surface area contributed by atoms with E-state index >= 15 is 0 Å². The Labute approximate surface area is 82.7 Å². The van der Waals surface area contributed by atoms with Crippen LogP contribution >= 0.6 is 9.24 Å². The zero-order chi connectivity index (χ0) is 9.90. The lowest BCUT2D eigenvalue weighted by Crippen LogP contribution is -2.18. The third-order valence-electron chi connectivity index (χ3n) is 1.62. The van der Waals surface area contributed by atoms with Crippen molar-refractivity contribution < 1.29 is 4.74 Å². The molecule has 13 heavy (non-hydrogen) atoms. The van der Waals surface area contributed by atoms with E-state index in [1.165, 1.54) is 10.9 Å². The van der Waals surface area contributed by atoms with E-state index in [2.05, 4.69) is 48.2 Å². The molecule has 1 unspecified atom stereocenters. The monoisotopic (exact) mass is 196 g/mol. The van der Waals surface area contributed by atoms with Gasteiger partial charge >= 0.3 is 0 Å². The molecule has 0 aromatic heterocycles. The highest BCUT2D eigenvalue weighted by atomic mass is 31.0. The maximum absolute atomic E-state index is 5.66. The van der Waals surface area contributed by atoms with Crippen LogP contribution in [0, 0.1) is 0 Å². The van der Waals surface area contributed by atoms with Crippen molar-refractivity contribution in [1.29, 1.82) is 0 Å². The summed E-state index contributed by atoms with van der Waals surface area (Å²) in [6.07, 6.45) is 0. The van der Waals surface area contributed by atoms with Crippen LogP contribution in [0.1, 0.15) is 26.3 Å². The topological polar surface area (TPSA) is 9.23 Å². The second kappa shape index (κ2) is 4.21. The lowest BCUT2D eigenvalue weighted by molar-refractivity contribution is -0.0149. The lowest BCUT2D eigenvalue weighted by Gasteiger charge is -2.19. The minimum atomic E-state index is -0.0586. The fraction of sp³-hybridized carbons (Fsp3) is 0.455. The van der Waals surface area contributed by atoms with E-state index in [0.717, 1.165) is 0 Å². The average molecular weight is 196 g/mol. The minimum Gasteiger partial charge on any atom is -0.371 e. The van der Waals surface area contributed by atoms with Gasteiger partial charge in [0.05, 0.1) is 12.2 Å². The van der Waals surface area contributed by atoms with E-state index < -0.39 is 0 Å². The summed E-state index contributed by atoms with van der Waals surface area (Å²) in [6, 6.07) is 8.31. The van der Waals surface area contributed by atoms with E-state index in [1.807, 2.05) is 6.07 Å². The first-order valence-electron chi connectivity index (χ1n) is 4.46. The Morgan fingerprint density at radius 3 is 2.54 bits per heavy atom. The first-order valence-corrected chi connectivity index (χ1v) is 5.03. The normalized spacial score (nSPS) is 11.7. The molecule has 0 radical (unpaired) electrons. The zero-order valence-electron chi connectivity index (χ0n) is 8.50. The van der Waals surface area contributed by atoms with Gasteiger partial charge in [-0.05, 0) is 37.7 Å². The van der Waals surface area contributed by atoms with Gasteiger partial charge in [-0.3, -0.25) is 0 Å². The van der Waals surface area contributed by atoms with Crippen LogP contribution in [0.3, 0.4) is 0 Å². The van der Waals surface area contributed by atoms with Crippen LogP contribution < -0.4 is 5.30 Å². The molecule has 2 heteroatoms. The molecule has 0 heterocycles. The van der Waals surface area contributed by atoms with Crippen molar-refractivity contribution >= 4 is 14.5 Å². The third-order valence-corrected chi connectivity index (χ3v) is 1.98. The predicted molar refractivity (Wildman–Crippen MR) is 60.3 cm³/mol. The van der Waals surface area contributed by atoms with Gasteiger partial charge in [-0.2, -0.15) is 0 Å². The Kier molecular flexibility index (Phi) is 3.47. The Bertz CT molecular complexity index is 276. The number of benzene rings is 1. The lowest BCUT2D eigenvalue weighted by atomic mass is 10.2. The van der Waals surface area contributed by atoms with Crippen molar-refractivity contribution in [3.8, 4) is 0 Å². The molecule has 0 saturated heterocycles. The van der Waals surface area contributed by atoms with Crippen LogP contribution in [0.2, 0.25) is 0 Å². The molecular weight excluding hydrogens is 179 g/mol. The molecule has 0 fully saturated rings. The molecule has 0 aliphatic carbocycles. The Morgan fingerprint density at radius 2 is 2.00 bits per heavy atom. The average Bonchev–Trinajstić information content (AvgIpc) is 2.00. The molecule has 0 saturated carbocycles. The van der Waals surface area contributed by atoms with Gasteiger partial charge in [-0.15, -0.1) is 9.24 Å². The minimum absolute atomic E-state index is 0.0586. The van der Waals surface area contributed by atoms with Crippen LogP contribution in [-0.4, -0.2) is 5.60 Å². The van der Waals surface area contributed by atoms with Gasteiger partial charge in [0.25, 0.3) is 0 Å². The molecule has 0 bridgehead atoms. The first kappa shape index (κ1) is 10.7. The maximum atomic E-state index is 5.66. The maximum Gasteiger partial charge on any atom is 0.0724 e. The van der Waals surface area contributed by atoms with Gasteiger partial charge < -0.3 is 4.74 Å². The SMILES string of the molecule is CC(C)(C)OCc1cccc(P)c1. The van der Waals surface area contributed by atoms with Crippen molar-refractivity contribution in [2.45, 2.75) is 33.0 Å². The highest BCUT2D eigenvalue weighted by Gasteiger charge is 2.09. The number of hydrogen-bond acceptors (Lipinski definition) is 1. The standard InChI is InChI=1S/C11H17OP/c1-11(2,3)12-8-9-5-4-6-10(13)7-9/h4-7H,8,13H2,1-3H3. The summed E-state index contributed by atoms with van der Waals surface area (Å²) >= 11 is 0. The van der Waals surface area contributed by atoms with E-state index in [-0.39, 0.29) is 5.60 Å². The molecule has 1 rings (SSSR count). The fourth-order valence-electron chi connectivity index (χ4n) is 0.983. The summed E-state index contributed by atoms with van der Waals surface area (Å²) in [5, 5.41) is 1.20. The smallest absolute Gasteiger partial charge is 0.0724 e. The molecule has 0 spiro atoms. The molecule has 0 N–H and O–H groups in total. The van der Waals surface area contributed by atoms with E-state index in [0.29, 0.717) is 6.61 Å². The highest BCUT2D eigenvalue weighted by Crippen LogP contribution is 2.11. The van der Waals surface area contributed by atoms with Crippen LogP contribution in [0.25, 0.3) is 0 Å². The van der Waals surface area contributed by atoms with Gasteiger partial charge in [0.1, 0.15) is 0 Å². The van der Waals surface area contributed by atoms with Crippen molar-refractivity contribution in [2.24, 2.45) is 0 Å². The first-order chi connectivity index (χ1) is 5.97. The highest BCUT2D eigenvalue weighted by molar-refractivity contribution is 7.27. The molecule has 0 aliphatic heterocycles. The molecule has 1 nitrogen and oxygen atoms in total. The van der Waals surface area contributed by atoms with Gasteiger partial charge in [0, 0.05) is 0 Å². The molecule has 72 valence electrons. The second-order valence-electron chi connectivity index (χ2n) is 4.15. The van der Waals surface area contributed by atoms with Gasteiger partial charge in [-0.25, -0.2) is 0 Å². The predicted octanol–water partition coefficient (Wildman–Crippen LogP) is 2.50. The van der Waals surface area contributed by atoms with Gasteiger partial charge in [0.2, 0.25) is 0 Å². The molecule has 1 atom stereocenters. The van der Waals surface area contributed by atoms with Crippen LogP contribution in [-0.2, 0) is 11.3 Å². The fourth-order valence-corrected chi connectivity index (χ4v) is 1.31. The summed E-state index contributed by atoms with van der Waals surface area (Å²) in [6.45, 7) is 6.89. The van der Waals surface area contributed by atoms with Gasteiger partial charge in [0.15, 0.2) is 0 Å². The Morgan fingerprint density at radius 1 is 1.31 bits per heavy atom. The number of hydrogen-bond donors (Lipinski definition) is 0. The van der Waals surface area contributed by atoms with Crippen molar-refractivity contribution in [3.05, 3.63) is 29.8 Å². The van der Waals surface area contributed by atoms with E-state index in [4.69, 9.17) is 4.74 Å². The summed E-state index contributed by atoms with van der Waals surface area (Å²) in [5.74, 6) is 0. The molecule has 0 amide bonds. The molecule has 1 aromatic rings. The van der Waals surface area contributed by atoms with E-state index in [9.17, 15) is 0 Å². The quantitative estimate of drug-likeness (QED) is 0.660. The Hall–Kier alpha value is -0.390. The van der Waals surface area contributed by atoms with Gasteiger partial charge in [-0.1, -0.05) is 18.2 Å². The second-order valence-corrected chi connectivity index (χ2v) is 4.81. The van der Waals surface area contributed by atoms with E-state index in [1.54, 1.807) is 0 Å². The van der Waals surface area contributed by atoms with Crippen LogP contribution in [0.15, 0.2) is 24.3 Å². The van der Waals surface area contributed by atoms with Crippen molar-refractivity contribution in [2.75, 3.05) is 0 Å². The summed E-state index contributed by atoms with van der Waals surface area (Å²) < 4.78 is 5.66.